The standard InChI is InChI=1S/C32H28N11S/c1-39-27(21-41-17-5-3-7-29(39)41)25-13-9-23(10-14-25)19-33-35-31-36-37-32(44)43(31)38-34-20-24-11-15-26(16-12-24)28-22-42-18-6-4-8-30(42)40(28)2/h3-22,38H,1-2H3,(H-,35,36,37,44)/q+1/p+1/b33-19+,34-20+. The van der Waals surface area contributed by atoms with Crippen LogP contribution in [0.2, 0.25) is 0 Å². The topological polar surface area (TPSA) is 99.0 Å². The van der Waals surface area contributed by atoms with E-state index in [-0.39, 0.29) is 0 Å². The number of imidazole rings is 2. The summed E-state index contributed by atoms with van der Waals surface area (Å²) in [6.45, 7) is 0. The fourth-order valence-corrected chi connectivity index (χ4v) is 5.34. The summed E-state index contributed by atoms with van der Waals surface area (Å²) in [6, 6.07) is 28.7. The van der Waals surface area contributed by atoms with Crippen molar-refractivity contribution < 1.29 is 9.13 Å². The number of hydrogen-bond donors (Lipinski definition) is 3. The summed E-state index contributed by atoms with van der Waals surface area (Å²) in [5.41, 5.74) is 14.4. The molecule has 5 aromatic heterocycles. The summed E-state index contributed by atoms with van der Waals surface area (Å²) in [5, 5.41) is 15.6. The molecule has 0 fully saturated rings. The Morgan fingerprint density at radius 3 is 1.77 bits per heavy atom. The maximum atomic E-state index is 5.36. The van der Waals surface area contributed by atoms with E-state index in [9.17, 15) is 0 Å². The first-order valence-electron chi connectivity index (χ1n) is 13.9. The molecule has 5 heterocycles. The number of H-pyrrole nitrogens is 1. The molecule has 12 heteroatoms. The number of hydrazone groups is 2. The maximum absolute atomic E-state index is 5.36. The highest BCUT2D eigenvalue weighted by molar-refractivity contribution is 7.71. The highest BCUT2D eigenvalue weighted by Crippen LogP contribution is 2.19. The number of aromatic amines is 1. The SMILES string of the molecule is C[n+]1c(-c2ccc(/C=N/Nc3n[nH]c(=S)n3N/N=C/c3ccc(-c4cn5ccccc5[n+]4C)cc3)cc2)cn2ccccc21. The van der Waals surface area contributed by atoms with Crippen LogP contribution in [0.1, 0.15) is 11.1 Å². The van der Waals surface area contributed by atoms with E-state index in [2.05, 4.69) is 112 Å². The highest BCUT2D eigenvalue weighted by atomic mass is 32.1. The first-order valence-corrected chi connectivity index (χ1v) is 14.3. The number of rotatable bonds is 8. The lowest BCUT2D eigenvalue weighted by atomic mass is 10.1. The number of pyridine rings is 2. The Morgan fingerprint density at radius 2 is 1.25 bits per heavy atom. The van der Waals surface area contributed by atoms with Crippen LogP contribution >= 0.6 is 12.2 Å². The third-order valence-electron chi connectivity index (χ3n) is 7.50. The third-order valence-corrected chi connectivity index (χ3v) is 7.78. The molecule has 0 aliphatic heterocycles. The van der Waals surface area contributed by atoms with E-state index in [4.69, 9.17) is 12.2 Å². The minimum absolute atomic E-state index is 0.348. The number of aromatic nitrogens is 7. The maximum Gasteiger partial charge on any atom is 0.286 e. The number of nitrogens with one attached hydrogen (secondary N) is 3. The minimum Gasteiger partial charge on any atom is -0.248 e. The van der Waals surface area contributed by atoms with E-state index < -0.39 is 0 Å². The highest BCUT2D eigenvalue weighted by Gasteiger charge is 2.16. The largest absolute Gasteiger partial charge is 0.286 e. The van der Waals surface area contributed by atoms with Crippen LogP contribution in [0.3, 0.4) is 0 Å². The van der Waals surface area contributed by atoms with Crippen molar-refractivity contribution in [3.8, 4) is 22.5 Å². The molecule has 2 aromatic carbocycles. The first kappa shape index (κ1) is 27.0. The van der Waals surface area contributed by atoms with Gasteiger partial charge in [0, 0.05) is 23.3 Å². The molecular weight excluding hydrogens is 570 g/mol. The van der Waals surface area contributed by atoms with Gasteiger partial charge in [-0.3, -0.25) is 0 Å². The predicted molar refractivity (Wildman–Crippen MR) is 174 cm³/mol. The zero-order chi connectivity index (χ0) is 30.0. The Balaban J connectivity index is 0.995. The smallest absolute Gasteiger partial charge is 0.248 e. The van der Waals surface area contributed by atoms with E-state index in [1.807, 2.05) is 60.9 Å². The molecule has 0 amide bonds. The van der Waals surface area contributed by atoms with Gasteiger partial charge in [-0.05, 0) is 59.7 Å². The van der Waals surface area contributed by atoms with Crippen molar-refractivity contribution in [3.63, 3.8) is 0 Å². The van der Waals surface area contributed by atoms with Gasteiger partial charge >= 0.3 is 0 Å². The molecule has 44 heavy (non-hydrogen) atoms. The van der Waals surface area contributed by atoms with Gasteiger partial charge in [0.05, 0.1) is 38.9 Å². The number of aryl methyl sites for hydroxylation is 2. The molecule has 0 aliphatic carbocycles. The van der Waals surface area contributed by atoms with Crippen LogP contribution in [-0.2, 0) is 14.1 Å². The van der Waals surface area contributed by atoms with Crippen molar-refractivity contribution in [1.82, 2.24) is 23.7 Å². The number of fused-ring (bicyclic) bond motifs is 2. The van der Waals surface area contributed by atoms with Crippen LogP contribution in [0, 0.1) is 4.77 Å². The van der Waals surface area contributed by atoms with Crippen LogP contribution in [0.25, 0.3) is 33.8 Å². The van der Waals surface area contributed by atoms with E-state index >= 15 is 0 Å². The summed E-state index contributed by atoms with van der Waals surface area (Å²) in [7, 11) is 4.13. The zero-order valence-corrected chi connectivity index (χ0v) is 24.8. The summed E-state index contributed by atoms with van der Waals surface area (Å²) >= 11 is 5.36. The molecule has 7 rings (SSSR count). The number of benzene rings is 2. The van der Waals surface area contributed by atoms with Gasteiger partial charge < -0.3 is 0 Å². The molecular formula is C32H29N11S+2. The second-order valence-corrected chi connectivity index (χ2v) is 10.6. The number of hydrogen-bond acceptors (Lipinski definition) is 6. The van der Waals surface area contributed by atoms with Crippen LogP contribution < -0.4 is 20.1 Å². The lowest BCUT2D eigenvalue weighted by Gasteiger charge is -2.04. The van der Waals surface area contributed by atoms with Gasteiger partial charge in [0.2, 0.25) is 4.77 Å². The molecule has 0 bridgehead atoms. The number of anilines is 1. The summed E-state index contributed by atoms with van der Waals surface area (Å²) < 4.78 is 10.4. The Labute approximate surface area is 257 Å². The fourth-order valence-electron chi connectivity index (χ4n) is 5.17. The van der Waals surface area contributed by atoms with Crippen molar-refractivity contribution in [2.45, 2.75) is 0 Å². The first-order chi connectivity index (χ1) is 21.5. The van der Waals surface area contributed by atoms with Crippen molar-refractivity contribution in [2.75, 3.05) is 11.0 Å². The summed E-state index contributed by atoms with van der Waals surface area (Å²) in [6.07, 6.45) is 11.8. The molecule has 0 radical (unpaired) electrons. The number of nitrogens with zero attached hydrogens (tertiary/aromatic N) is 8. The van der Waals surface area contributed by atoms with Crippen molar-refractivity contribution in [1.29, 1.82) is 0 Å². The quantitative estimate of drug-likeness (QED) is 0.104. The van der Waals surface area contributed by atoms with E-state index in [0.29, 0.717) is 10.7 Å². The monoisotopic (exact) mass is 599 g/mol. The van der Waals surface area contributed by atoms with Gasteiger partial charge in [-0.1, -0.05) is 36.4 Å². The second-order valence-electron chi connectivity index (χ2n) is 10.2. The molecule has 0 saturated carbocycles. The van der Waals surface area contributed by atoms with E-state index in [1.54, 1.807) is 12.4 Å². The Hall–Kier alpha value is -5.88. The average Bonchev–Trinajstić information content (AvgIpc) is 3.71. The Bertz CT molecular complexity index is 2220. The minimum atomic E-state index is 0.348. The fraction of sp³-hybridized carbons (Fsp3) is 0.0625. The molecule has 0 spiro atoms. The Morgan fingerprint density at radius 1 is 0.727 bits per heavy atom. The van der Waals surface area contributed by atoms with Gasteiger partial charge in [-0.25, -0.2) is 34.0 Å². The molecule has 0 saturated heterocycles. The predicted octanol–water partition coefficient (Wildman–Crippen LogP) is 4.45. The summed E-state index contributed by atoms with van der Waals surface area (Å²) in [4.78, 5) is 0. The van der Waals surface area contributed by atoms with E-state index in [0.717, 1.165) is 44.9 Å². The third kappa shape index (κ3) is 5.14. The average molecular weight is 600 g/mol. The van der Waals surface area contributed by atoms with Gasteiger partial charge in [-0.2, -0.15) is 14.9 Å². The molecule has 0 aliphatic rings. The lowest BCUT2D eigenvalue weighted by molar-refractivity contribution is -0.633. The molecule has 0 unspecified atom stereocenters. The molecule has 3 N–H and O–H groups in total. The van der Waals surface area contributed by atoms with Crippen LogP contribution in [0.5, 0.6) is 0 Å². The van der Waals surface area contributed by atoms with Crippen molar-refractivity contribution >= 4 is 41.9 Å². The molecule has 0 atom stereocenters. The van der Waals surface area contributed by atoms with Crippen molar-refractivity contribution in [2.24, 2.45) is 24.3 Å². The lowest BCUT2D eigenvalue weighted by Crippen LogP contribution is -2.29. The molecule has 7 aromatic rings. The summed E-state index contributed by atoms with van der Waals surface area (Å²) in [5.74, 6) is 0.371. The zero-order valence-electron chi connectivity index (χ0n) is 24.0. The second kappa shape index (κ2) is 11.4. The normalized spacial score (nSPS) is 11.8. The van der Waals surface area contributed by atoms with Crippen molar-refractivity contribution in [3.05, 3.63) is 126 Å². The van der Waals surface area contributed by atoms with Gasteiger partial charge in [0.25, 0.3) is 17.2 Å². The molecule has 216 valence electrons. The van der Waals surface area contributed by atoms with Gasteiger partial charge in [0.1, 0.15) is 12.4 Å². The van der Waals surface area contributed by atoms with Crippen LogP contribution in [-0.4, -0.2) is 36.1 Å². The van der Waals surface area contributed by atoms with Gasteiger partial charge in [0.15, 0.2) is 11.4 Å². The molecule has 11 nitrogen and oxygen atoms in total. The van der Waals surface area contributed by atoms with Crippen LogP contribution in [0.15, 0.2) is 120 Å². The van der Waals surface area contributed by atoms with E-state index in [1.165, 1.54) is 4.68 Å². The van der Waals surface area contributed by atoms with Crippen LogP contribution in [0.4, 0.5) is 5.95 Å². The van der Waals surface area contributed by atoms with Gasteiger partial charge in [-0.15, -0.1) is 5.10 Å². The Kier molecular flexibility index (Phi) is 7.00.